The minimum Gasteiger partial charge on any atom is -0.369 e. The van der Waals surface area contributed by atoms with Crippen LogP contribution in [0.1, 0.15) is 6.92 Å². The zero-order valence-corrected chi connectivity index (χ0v) is 7.47. The van der Waals surface area contributed by atoms with Gasteiger partial charge in [0.25, 0.3) is 0 Å². The molecule has 12 heavy (non-hydrogen) atoms. The van der Waals surface area contributed by atoms with Gasteiger partial charge in [-0.2, -0.15) is 5.26 Å². The van der Waals surface area contributed by atoms with Crippen LogP contribution < -0.4 is 5.32 Å². The summed E-state index contributed by atoms with van der Waals surface area (Å²) in [4.78, 5) is 0. The molecule has 1 N–H and O–H groups in total. The Labute approximate surface area is 76.8 Å². The quantitative estimate of drug-likeness (QED) is 0.760. The summed E-state index contributed by atoms with van der Waals surface area (Å²) in [5.41, 5.74) is 0.799. The van der Waals surface area contributed by atoms with E-state index in [2.05, 4.69) is 11.4 Å². The standard InChI is InChI=1S/C9H9ClN2/c1-7(6-11)12-9-5-3-2-4-8(9)10/h2-5,7,12H,1H3. The molecule has 1 aromatic rings. The molecule has 0 saturated carbocycles. The van der Waals surface area contributed by atoms with Crippen molar-refractivity contribution >= 4 is 17.3 Å². The molecule has 0 aliphatic heterocycles. The molecule has 0 spiro atoms. The number of anilines is 1. The first-order chi connectivity index (χ1) is 5.74. The molecule has 2 nitrogen and oxygen atoms in total. The number of benzene rings is 1. The SMILES string of the molecule is CC(C#N)Nc1ccccc1Cl. The maximum atomic E-state index is 8.53. The summed E-state index contributed by atoms with van der Waals surface area (Å²) >= 11 is 5.85. The second-order valence-electron chi connectivity index (χ2n) is 2.47. The summed E-state index contributed by atoms with van der Waals surface area (Å²) in [7, 11) is 0. The van der Waals surface area contributed by atoms with Crippen molar-refractivity contribution in [3.05, 3.63) is 29.3 Å². The van der Waals surface area contributed by atoms with Gasteiger partial charge in [0.1, 0.15) is 6.04 Å². The highest BCUT2D eigenvalue weighted by Gasteiger charge is 2.01. The molecule has 0 fully saturated rings. The predicted octanol–water partition coefficient (Wildman–Crippen LogP) is 2.66. The fourth-order valence-corrected chi connectivity index (χ4v) is 1.03. The lowest BCUT2D eigenvalue weighted by molar-refractivity contribution is 1.01. The molecule has 62 valence electrons. The molecule has 0 saturated heterocycles. The summed E-state index contributed by atoms with van der Waals surface area (Å²) in [5, 5.41) is 12.1. The largest absolute Gasteiger partial charge is 0.369 e. The van der Waals surface area contributed by atoms with E-state index in [-0.39, 0.29) is 6.04 Å². The van der Waals surface area contributed by atoms with Gasteiger partial charge in [-0.1, -0.05) is 23.7 Å². The van der Waals surface area contributed by atoms with E-state index >= 15 is 0 Å². The van der Waals surface area contributed by atoms with Crippen LogP contribution in [-0.4, -0.2) is 6.04 Å². The Kier molecular flexibility index (Phi) is 2.95. The number of nitriles is 1. The van der Waals surface area contributed by atoms with E-state index in [1.165, 1.54) is 0 Å². The Morgan fingerprint density at radius 2 is 2.17 bits per heavy atom. The van der Waals surface area contributed by atoms with Gasteiger partial charge in [0, 0.05) is 0 Å². The summed E-state index contributed by atoms with van der Waals surface area (Å²) in [6, 6.07) is 9.21. The van der Waals surface area contributed by atoms with Crippen LogP contribution in [0, 0.1) is 11.3 Å². The van der Waals surface area contributed by atoms with Crippen LogP contribution in [0.4, 0.5) is 5.69 Å². The van der Waals surface area contributed by atoms with Crippen molar-refractivity contribution in [3.63, 3.8) is 0 Å². The molecular weight excluding hydrogens is 172 g/mol. The fraction of sp³-hybridized carbons (Fsp3) is 0.222. The molecular formula is C9H9ClN2. The number of hydrogen-bond acceptors (Lipinski definition) is 2. The van der Waals surface area contributed by atoms with Crippen LogP contribution in [-0.2, 0) is 0 Å². The average molecular weight is 181 g/mol. The monoisotopic (exact) mass is 180 g/mol. The molecule has 0 aliphatic rings. The van der Waals surface area contributed by atoms with Gasteiger partial charge in [0.15, 0.2) is 0 Å². The lowest BCUT2D eigenvalue weighted by Crippen LogP contribution is -2.11. The van der Waals surface area contributed by atoms with Crippen LogP contribution in [0.5, 0.6) is 0 Å². The molecule has 1 aromatic carbocycles. The first kappa shape index (κ1) is 8.89. The predicted molar refractivity (Wildman–Crippen MR) is 50.1 cm³/mol. The van der Waals surface area contributed by atoms with Crippen molar-refractivity contribution in [3.8, 4) is 6.07 Å². The summed E-state index contributed by atoms with van der Waals surface area (Å²) in [5.74, 6) is 0. The van der Waals surface area contributed by atoms with Crippen LogP contribution in [0.25, 0.3) is 0 Å². The van der Waals surface area contributed by atoms with E-state index in [9.17, 15) is 0 Å². The number of nitrogens with zero attached hydrogens (tertiary/aromatic N) is 1. The zero-order valence-electron chi connectivity index (χ0n) is 6.71. The summed E-state index contributed by atoms with van der Waals surface area (Å²) in [6.07, 6.45) is 0. The minimum atomic E-state index is -0.218. The Morgan fingerprint density at radius 1 is 1.50 bits per heavy atom. The van der Waals surface area contributed by atoms with Gasteiger partial charge in [-0.05, 0) is 19.1 Å². The van der Waals surface area contributed by atoms with Gasteiger partial charge in [0.2, 0.25) is 0 Å². The molecule has 1 atom stereocenters. The third kappa shape index (κ3) is 2.14. The van der Waals surface area contributed by atoms with Crippen LogP contribution in [0.15, 0.2) is 24.3 Å². The normalized spacial score (nSPS) is 11.8. The average Bonchev–Trinajstić information content (AvgIpc) is 2.09. The molecule has 0 bridgehead atoms. The number of halogens is 1. The minimum absolute atomic E-state index is 0.218. The Balaban J connectivity index is 2.77. The molecule has 0 heterocycles. The molecule has 0 aliphatic carbocycles. The van der Waals surface area contributed by atoms with E-state index < -0.39 is 0 Å². The van der Waals surface area contributed by atoms with Crippen molar-refractivity contribution in [2.45, 2.75) is 13.0 Å². The highest BCUT2D eigenvalue weighted by molar-refractivity contribution is 6.33. The molecule has 0 radical (unpaired) electrons. The van der Waals surface area contributed by atoms with E-state index in [1.54, 1.807) is 13.0 Å². The number of nitrogens with one attached hydrogen (secondary N) is 1. The van der Waals surface area contributed by atoms with E-state index in [1.807, 2.05) is 18.2 Å². The molecule has 0 aromatic heterocycles. The lowest BCUT2D eigenvalue weighted by Gasteiger charge is -2.08. The Hall–Kier alpha value is -1.20. The van der Waals surface area contributed by atoms with Gasteiger partial charge in [-0.15, -0.1) is 0 Å². The summed E-state index contributed by atoms with van der Waals surface area (Å²) < 4.78 is 0. The van der Waals surface area contributed by atoms with Gasteiger partial charge >= 0.3 is 0 Å². The first-order valence-corrected chi connectivity index (χ1v) is 4.02. The van der Waals surface area contributed by atoms with Gasteiger partial charge in [-0.3, -0.25) is 0 Å². The van der Waals surface area contributed by atoms with E-state index in [0.717, 1.165) is 5.69 Å². The van der Waals surface area contributed by atoms with Crippen molar-refractivity contribution < 1.29 is 0 Å². The van der Waals surface area contributed by atoms with E-state index in [4.69, 9.17) is 16.9 Å². The Bertz CT molecular complexity index is 304. The molecule has 1 rings (SSSR count). The van der Waals surface area contributed by atoms with Gasteiger partial charge < -0.3 is 5.32 Å². The van der Waals surface area contributed by atoms with Crippen molar-refractivity contribution in [2.24, 2.45) is 0 Å². The number of hydrogen-bond donors (Lipinski definition) is 1. The van der Waals surface area contributed by atoms with Crippen LogP contribution >= 0.6 is 11.6 Å². The first-order valence-electron chi connectivity index (χ1n) is 3.64. The van der Waals surface area contributed by atoms with Crippen LogP contribution in [0.3, 0.4) is 0 Å². The lowest BCUT2D eigenvalue weighted by atomic mass is 10.3. The third-order valence-electron chi connectivity index (χ3n) is 1.44. The molecule has 3 heteroatoms. The topological polar surface area (TPSA) is 35.8 Å². The van der Waals surface area contributed by atoms with E-state index in [0.29, 0.717) is 5.02 Å². The zero-order chi connectivity index (χ0) is 8.97. The number of rotatable bonds is 2. The van der Waals surface area contributed by atoms with Gasteiger partial charge in [-0.25, -0.2) is 0 Å². The maximum absolute atomic E-state index is 8.53. The maximum Gasteiger partial charge on any atom is 0.111 e. The highest BCUT2D eigenvalue weighted by Crippen LogP contribution is 2.20. The fourth-order valence-electron chi connectivity index (χ4n) is 0.844. The third-order valence-corrected chi connectivity index (χ3v) is 1.77. The second-order valence-corrected chi connectivity index (χ2v) is 2.88. The van der Waals surface area contributed by atoms with Crippen LogP contribution in [0.2, 0.25) is 5.02 Å². The summed E-state index contributed by atoms with van der Waals surface area (Å²) in [6.45, 7) is 1.78. The Morgan fingerprint density at radius 3 is 2.75 bits per heavy atom. The van der Waals surface area contributed by atoms with Crippen molar-refractivity contribution in [1.29, 1.82) is 5.26 Å². The molecule has 1 unspecified atom stereocenters. The number of para-hydroxylation sites is 1. The molecule has 0 amide bonds. The van der Waals surface area contributed by atoms with Crippen molar-refractivity contribution in [1.82, 2.24) is 0 Å². The van der Waals surface area contributed by atoms with Crippen molar-refractivity contribution in [2.75, 3.05) is 5.32 Å². The second kappa shape index (κ2) is 3.99. The highest BCUT2D eigenvalue weighted by atomic mass is 35.5. The van der Waals surface area contributed by atoms with Gasteiger partial charge in [0.05, 0.1) is 16.8 Å². The smallest absolute Gasteiger partial charge is 0.111 e.